The van der Waals surface area contributed by atoms with E-state index in [1.54, 1.807) is 0 Å². The number of hydrogen-bond donors (Lipinski definition) is 0. The van der Waals surface area contributed by atoms with Crippen molar-refractivity contribution in [2.24, 2.45) is 0 Å². The van der Waals surface area contributed by atoms with E-state index in [1.807, 2.05) is 37.4 Å². The predicted octanol–water partition coefficient (Wildman–Crippen LogP) is 2.75. The Hall–Kier alpha value is -2.10. The zero-order valence-electron chi connectivity index (χ0n) is 11.2. The molecule has 3 rings (SSSR count). The Balaban J connectivity index is 2.00. The second-order valence-electron chi connectivity index (χ2n) is 4.72. The number of nitrogens with zero attached hydrogens (tertiary/aromatic N) is 3. The molecule has 0 fully saturated rings. The molecule has 19 heavy (non-hydrogen) atoms. The lowest BCUT2D eigenvalue weighted by molar-refractivity contribution is 0.331. The Morgan fingerprint density at radius 1 is 1.26 bits per heavy atom. The summed E-state index contributed by atoms with van der Waals surface area (Å²) in [5.41, 5.74) is 1.20. The number of para-hydroxylation sites is 1. The first-order chi connectivity index (χ1) is 9.25. The number of rotatable bonds is 1. The van der Waals surface area contributed by atoms with E-state index in [0.717, 1.165) is 23.9 Å². The first-order valence-corrected chi connectivity index (χ1v) is 6.54. The molecule has 4 nitrogen and oxygen atoms in total. The Morgan fingerprint density at radius 2 is 2.11 bits per heavy atom. The molecule has 98 valence electrons. The van der Waals surface area contributed by atoms with Crippen LogP contribution in [0.4, 0.5) is 5.82 Å². The third kappa shape index (κ3) is 2.26. The maximum Gasteiger partial charge on any atom is 0.132 e. The number of anilines is 1. The largest absolute Gasteiger partial charge is 0.491 e. The van der Waals surface area contributed by atoms with Gasteiger partial charge in [-0.1, -0.05) is 18.2 Å². The van der Waals surface area contributed by atoms with Crippen LogP contribution in [0.1, 0.15) is 24.4 Å². The molecule has 0 radical (unpaired) electrons. The first-order valence-electron chi connectivity index (χ1n) is 6.54. The summed E-state index contributed by atoms with van der Waals surface area (Å²) >= 11 is 0. The third-order valence-electron chi connectivity index (χ3n) is 3.48. The molecule has 2 heterocycles. The summed E-state index contributed by atoms with van der Waals surface area (Å²) in [5.74, 6) is 2.73. The smallest absolute Gasteiger partial charge is 0.132 e. The van der Waals surface area contributed by atoms with E-state index in [4.69, 9.17) is 4.74 Å². The Bertz CT molecular complexity index is 585. The van der Waals surface area contributed by atoms with E-state index in [1.165, 1.54) is 5.56 Å². The van der Waals surface area contributed by atoms with E-state index < -0.39 is 0 Å². The van der Waals surface area contributed by atoms with Crippen LogP contribution in [0.5, 0.6) is 5.75 Å². The van der Waals surface area contributed by atoms with Crippen LogP contribution in [-0.2, 0) is 0 Å². The van der Waals surface area contributed by atoms with Gasteiger partial charge in [0, 0.05) is 11.8 Å². The van der Waals surface area contributed by atoms with Crippen LogP contribution in [0.3, 0.4) is 0 Å². The molecule has 0 saturated heterocycles. The minimum absolute atomic E-state index is 0.244. The van der Waals surface area contributed by atoms with Crippen LogP contribution in [0.15, 0.2) is 36.5 Å². The SMILES string of the molecule is Cc1nccc(N2CCOc3ccccc3[C@@H]2C)n1. The highest BCUT2D eigenvalue weighted by Crippen LogP contribution is 2.33. The number of benzene rings is 1. The van der Waals surface area contributed by atoms with Gasteiger partial charge in [0.2, 0.25) is 0 Å². The summed E-state index contributed by atoms with van der Waals surface area (Å²) in [6.45, 7) is 5.60. The summed E-state index contributed by atoms with van der Waals surface area (Å²) < 4.78 is 5.82. The fourth-order valence-corrected chi connectivity index (χ4v) is 2.49. The molecule has 1 aromatic carbocycles. The lowest BCUT2D eigenvalue weighted by atomic mass is 10.1. The number of aromatic nitrogens is 2. The lowest BCUT2D eigenvalue weighted by Gasteiger charge is -2.28. The van der Waals surface area contributed by atoms with Gasteiger partial charge in [-0.05, 0) is 26.0 Å². The molecule has 1 aliphatic rings. The van der Waals surface area contributed by atoms with Gasteiger partial charge in [-0.2, -0.15) is 0 Å². The molecule has 1 aliphatic heterocycles. The average molecular weight is 255 g/mol. The number of fused-ring (bicyclic) bond motifs is 1. The summed E-state index contributed by atoms with van der Waals surface area (Å²) in [7, 11) is 0. The first kappa shape index (κ1) is 12.0. The maximum absolute atomic E-state index is 5.82. The summed E-state index contributed by atoms with van der Waals surface area (Å²) in [6, 6.07) is 10.4. The molecule has 4 heteroatoms. The van der Waals surface area contributed by atoms with Crippen molar-refractivity contribution < 1.29 is 4.74 Å². The van der Waals surface area contributed by atoms with Crippen molar-refractivity contribution in [3.8, 4) is 5.75 Å². The molecule has 0 amide bonds. The molecule has 0 N–H and O–H groups in total. The minimum Gasteiger partial charge on any atom is -0.491 e. The monoisotopic (exact) mass is 255 g/mol. The van der Waals surface area contributed by atoms with Crippen molar-refractivity contribution >= 4 is 5.82 Å². The van der Waals surface area contributed by atoms with Gasteiger partial charge in [-0.25, -0.2) is 9.97 Å². The van der Waals surface area contributed by atoms with Crippen molar-refractivity contribution in [3.63, 3.8) is 0 Å². The van der Waals surface area contributed by atoms with Gasteiger partial charge < -0.3 is 9.64 Å². The zero-order chi connectivity index (χ0) is 13.2. The Labute approximate surface area is 113 Å². The van der Waals surface area contributed by atoms with Gasteiger partial charge in [0.15, 0.2) is 0 Å². The molecule has 0 saturated carbocycles. The van der Waals surface area contributed by atoms with Gasteiger partial charge in [0.05, 0.1) is 12.6 Å². The summed E-state index contributed by atoms with van der Waals surface area (Å²) in [5, 5.41) is 0. The molecule has 2 aromatic rings. The highest BCUT2D eigenvalue weighted by molar-refractivity contribution is 5.46. The Morgan fingerprint density at radius 3 is 2.95 bits per heavy atom. The fourth-order valence-electron chi connectivity index (χ4n) is 2.49. The van der Waals surface area contributed by atoms with Gasteiger partial charge in [-0.15, -0.1) is 0 Å². The van der Waals surface area contributed by atoms with Crippen LogP contribution in [0.25, 0.3) is 0 Å². The summed E-state index contributed by atoms with van der Waals surface area (Å²) in [6.07, 6.45) is 1.81. The topological polar surface area (TPSA) is 38.2 Å². The fraction of sp³-hybridized carbons (Fsp3) is 0.333. The quantitative estimate of drug-likeness (QED) is 0.785. The third-order valence-corrected chi connectivity index (χ3v) is 3.48. The van der Waals surface area contributed by atoms with Gasteiger partial charge in [0.1, 0.15) is 24.0 Å². The molecule has 0 aliphatic carbocycles. The molecule has 1 atom stereocenters. The highest BCUT2D eigenvalue weighted by atomic mass is 16.5. The normalized spacial score (nSPS) is 18.4. The summed E-state index contributed by atoms with van der Waals surface area (Å²) in [4.78, 5) is 10.9. The van der Waals surface area contributed by atoms with E-state index in [2.05, 4.69) is 27.9 Å². The predicted molar refractivity (Wildman–Crippen MR) is 74.5 cm³/mol. The average Bonchev–Trinajstić information content (AvgIpc) is 2.59. The molecule has 0 unspecified atom stereocenters. The second kappa shape index (κ2) is 4.88. The van der Waals surface area contributed by atoms with Crippen molar-refractivity contribution in [3.05, 3.63) is 47.9 Å². The molecule has 0 spiro atoms. The maximum atomic E-state index is 5.82. The minimum atomic E-state index is 0.244. The number of ether oxygens (including phenoxy) is 1. The second-order valence-corrected chi connectivity index (χ2v) is 4.72. The van der Waals surface area contributed by atoms with Crippen molar-refractivity contribution in [2.75, 3.05) is 18.1 Å². The van der Waals surface area contributed by atoms with E-state index in [0.29, 0.717) is 6.61 Å². The number of aryl methyl sites for hydroxylation is 1. The standard InChI is InChI=1S/C15H17N3O/c1-11-13-5-3-4-6-14(13)19-10-9-18(11)15-7-8-16-12(2)17-15/h3-8,11H,9-10H2,1-2H3/t11-/m0/s1. The zero-order valence-corrected chi connectivity index (χ0v) is 11.2. The van der Waals surface area contributed by atoms with E-state index in [9.17, 15) is 0 Å². The number of hydrogen-bond acceptors (Lipinski definition) is 4. The van der Waals surface area contributed by atoms with Crippen molar-refractivity contribution in [1.29, 1.82) is 0 Å². The van der Waals surface area contributed by atoms with Gasteiger partial charge >= 0.3 is 0 Å². The van der Waals surface area contributed by atoms with Gasteiger partial charge in [0.25, 0.3) is 0 Å². The van der Waals surface area contributed by atoms with E-state index in [-0.39, 0.29) is 6.04 Å². The van der Waals surface area contributed by atoms with Crippen LogP contribution >= 0.6 is 0 Å². The van der Waals surface area contributed by atoms with Crippen LogP contribution in [-0.4, -0.2) is 23.1 Å². The van der Waals surface area contributed by atoms with Crippen LogP contribution < -0.4 is 9.64 Å². The van der Waals surface area contributed by atoms with Gasteiger partial charge in [-0.3, -0.25) is 0 Å². The molecular weight excluding hydrogens is 238 g/mol. The Kier molecular flexibility index (Phi) is 3.07. The highest BCUT2D eigenvalue weighted by Gasteiger charge is 2.23. The van der Waals surface area contributed by atoms with Crippen molar-refractivity contribution in [1.82, 2.24) is 9.97 Å². The lowest BCUT2D eigenvalue weighted by Crippen LogP contribution is -2.29. The van der Waals surface area contributed by atoms with Crippen molar-refractivity contribution in [2.45, 2.75) is 19.9 Å². The molecular formula is C15H17N3O. The molecule has 0 bridgehead atoms. The van der Waals surface area contributed by atoms with Crippen LogP contribution in [0.2, 0.25) is 0 Å². The molecule has 1 aromatic heterocycles. The van der Waals surface area contributed by atoms with Crippen LogP contribution in [0, 0.1) is 6.92 Å². The van der Waals surface area contributed by atoms with E-state index >= 15 is 0 Å².